The van der Waals surface area contributed by atoms with Crippen molar-refractivity contribution >= 4 is 29.8 Å². The molecule has 0 radical (unpaired) electrons. The molecule has 0 bridgehead atoms. The van der Waals surface area contributed by atoms with E-state index in [2.05, 4.69) is 21.7 Å². The molecule has 5 rings (SSSR count). The molecule has 3 aromatic rings. The van der Waals surface area contributed by atoms with Crippen molar-refractivity contribution in [3.05, 3.63) is 53.7 Å². The monoisotopic (exact) mass is 790 g/mol. The molecule has 0 spiro atoms. The first kappa shape index (κ1) is 43.0. The van der Waals surface area contributed by atoms with Crippen LogP contribution in [-0.2, 0) is 43.7 Å². The fourth-order valence-electron chi connectivity index (χ4n) is 6.82. The minimum atomic E-state index is -0.919. The van der Waals surface area contributed by atoms with Gasteiger partial charge < -0.3 is 38.8 Å². The average molecular weight is 791 g/mol. The zero-order valence-corrected chi connectivity index (χ0v) is 34.4. The summed E-state index contributed by atoms with van der Waals surface area (Å²) in [5.41, 5.74) is 2.29. The van der Waals surface area contributed by atoms with Crippen LogP contribution in [0.4, 0.5) is 15.3 Å². The van der Waals surface area contributed by atoms with Crippen molar-refractivity contribution in [1.29, 1.82) is 0 Å². The van der Waals surface area contributed by atoms with Gasteiger partial charge in [-0.3, -0.25) is 14.3 Å². The molecule has 1 saturated carbocycles. The van der Waals surface area contributed by atoms with Crippen molar-refractivity contribution in [2.75, 3.05) is 44.8 Å². The molecule has 0 unspecified atom stereocenters. The van der Waals surface area contributed by atoms with Gasteiger partial charge in [-0.05, 0) is 90.5 Å². The summed E-state index contributed by atoms with van der Waals surface area (Å²) >= 11 is 0. The third kappa shape index (κ3) is 13.2. The number of hydrogen-bond donors (Lipinski definition) is 1. The van der Waals surface area contributed by atoms with Crippen LogP contribution in [0.25, 0.3) is 11.3 Å². The number of hydrogen-bond acceptors (Lipinski definition) is 11. The zero-order valence-electron chi connectivity index (χ0n) is 34.4. The number of rotatable bonds is 15. The van der Waals surface area contributed by atoms with Gasteiger partial charge in [0.15, 0.2) is 18.1 Å². The van der Waals surface area contributed by atoms with Crippen molar-refractivity contribution in [3.63, 3.8) is 0 Å². The molecule has 1 fully saturated rings. The van der Waals surface area contributed by atoms with Gasteiger partial charge in [0.2, 0.25) is 5.91 Å². The van der Waals surface area contributed by atoms with Gasteiger partial charge in [0.1, 0.15) is 22.6 Å². The highest BCUT2D eigenvalue weighted by molar-refractivity contribution is 5.98. The normalized spacial score (nSPS) is 14.5. The van der Waals surface area contributed by atoms with Gasteiger partial charge in [0, 0.05) is 38.3 Å². The minimum Gasteiger partial charge on any atom is -0.481 e. The highest BCUT2D eigenvalue weighted by atomic mass is 16.7. The summed E-state index contributed by atoms with van der Waals surface area (Å²) in [4.78, 5) is 55.8. The second-order valence-corrected chi connectivity index (χ2v) is 16.5. The lowest BCUT2D eigenvalue weighted by Gasteiger charge is -2.36. The fourth-order valence-corrected chi connectivity index (χ4v) is 6.82. The maximum absolute atomic E-state index is 13.8. The Morgan fingerprint density at radius 1 is 0.930 bits per heavy atom. The molecule has 2 heterocycles. The molecule has 310 valence electrons. The molecule has 1 aliphatic carbocycles. The maximum atomic E-state index is 13.8. The van der Waals surface area contributed by atoms with Crippen molar-refractivity contribution in [2.45, 2.75) is 110 Å². The Hall–Kier alpha value is -5.18. The second kappa shape index (κ2) is 19.3. The number of carbonyl (C=O) groups excluding carboxylic acids is 4. The van der Waals surface area contributed by atoms with Crippen LogP contribution in [0.1, 0.15) is 91.2 Å². The predicted octanol–water partition coefficient (Wildman–Crippen LogP) is 6.72. The standard InChI is InChI=1S/C42H58N6O9/c1-41(2,3)56-39(51)47(21-18-30-16-17-34(55-40(52)57-42(4,5)6)37-38(30)54-28-35(49)43-37)22-23-48(32-14-9-8-10-15-32)36(50)20-25-53-24-19-29-12-11-13-31(26-29)33-27-46(7)45-44-33/h11-13,16-17,26-27,32H,8-10,14-15,18-25,28H2,1-7H3,(H,43,49). The lowest BCUT2D eigenvalue weighted by molar-refractivity contribution is -0.135. The van der Waals surface area contributed by atoms with E-state index < -0.39 is 29.4 Å². The van der Waals surface area contributed by atoms with E-state index in [4.69, 9.17) is 23.7 Å². The quantitative estimate of drug-likeness (QED) is 0.0988. The summed E-state index contributed by atoms with van der Waals surface area (Å²) in [5, 5.41) is 11.0. The number of aromatic nitrogens is 3. The predicted molar refractivity (Wildman–Crippen MR) is 213 cm³/mol. The Morgan fingerprint density at radius 3 is 2.39 bits per heavy atom. The Kier molecular flexibility index (Phi) is 14.6. The molecule has 2 aliphatic rings. The molecular weight excluding hydrogens is 732 g/mol. The van der Waals surface area contributed by atoms with E-state index in [9.17, 15) is 19.2 Å². The van der Waals surface area contributed by atoms with Crippen LogP contribution < -0.4 is 14.8 Å². The Labute approximate surface area is 335 Å². The number of carbonyl (C=O) groups is 4. The number of fused-ring (bicyclic) bond motifs is 1. The third-order valence-electron chi connectivity index (χ3n) is 9.47. The van der Waals surface area contributed by atoms with E-state index in [1.54, 1.807) is 42.5 Å². The van der Waals surface area contributed by atoms with E-state index in [0.717, 1.165) is 48.9 Å². The molecular formula is C42H58N6O9. The Bertz CT molecular complexity index is 1860. The molecule has 0 saturated heterocycles. The van der Waals surface area contributed by atoms with E-state index >= 15 is 0 Å². The molecule has 1 aliphatic heterocycles. The number of benzene rings is 2. The first-order chi connectivity index (χ1) is 27.0. The largest absolute Gasteiger partial charge is 0.514 e. The topological polar surface area (TPSA) is 164 Å². The fraction of sp³-hybridized carbons (Fsp3) is 0.571. The van der Waals surface area contributed by atoms with Crippen molar-refractivity contribution in [1.82, 2.24) is 24.8 Å². The number of nitrogens with zero attached hydrogens (tertiary/aromatic N) is 5. The number of nitrogens with one attached hydrogen (secondary N) is 1. The molecule has 0 atom stereocenters. The summed E-state index contributed by atoms with van der Waals surface area (Å²) in [7, 11) is 1.84. The van der Waals surface area contributed by atoms with E-state index in [1.165, 1.54) is 0 Å². The van der Waals surface area contributed by atoms with Crippen molar-refractivity contribution < 1.29 is 42.9 Å². The highest BCUT2D eigenvalue weighted by Crippen LogP contribution is 2.40. The first-order valence-corrected chi connectivity index (χ1v) is 19.8. The van der Waals surface area contributed by atoms with E-state index in [-0.39, 0.29) is 56.1 Å². The van der Waals surface area contributed by atoms with Crippen molar-refractivity contribution in [3.8, 4) is 22.8 Å². The van der Waals surface area contributed by atoms with Gasteiger partial charge in [-0.2, -0.15) is 0 Å². The average Bonchev–Trinajstić information content (AvgIpc) is 3.58. The maximum Gasteiger partial charge on any atom is 0.514 e. The minimum absolute atomic E-state index is 0.00512. The summed E-state index contributed by atoms with van der Waals surface area (Å²) in [6.45, 7) is 12.0. The molecule has 15 nitrogen and oxygen atoms in total. The van der Waals surface area contributed by atoms with Crippen LogP contribution in [0.2, 0.25) is 0 Å². The summed E-state index contributed by atoms with van der Waals surface area (Å²) in [6, 6.07) is 11.5. The lowest BCUT2D eigenvalue weighted by atomic mass is 9.94. The lowest BCUT2D eigenvalue weighted by Crippen LogP contribution is -2.48. The molecule has 1 aromatic heterocycles. The molecule has 3 amide bonds. The summed E-state index contributed by atoms with van der Waals surface area (Å²) in [6.07, 6.45) is 6.76. The number of anilines is 1. The van der Waals surface area contributed by atoms with Gasteiger partial charge in [-0.25, -0.2) is 9.59 Å². The van der Waals surface area contributed by atoms with Gasteiger partial charge in [0.25, 0.3) is 5.91 Å². The molecule has 15 heteroatoms. The van der Waals surface area contributed by atoms with E-state index in [0.29, 0.717) is 37.3 Å². The van der Waals surface area contributed by atoms with Gasteiger partial charge in [0.05, 0.1) is 25.8 Å². The Balaban J connectivity index is 1.23. The van der Waals surface area contributed by atoms with Crippen LogP contribution in [0.3, 0.4) is 0 Å². The van der Waals surface area contributed by atoms with Crippen LogP contribution in [0.5, 0.6) is 11.5 Å². The summed E-state index contributed by atoms with van der Waals surface area (Å²) < 4.78 is 30.0. The number of amides is 3. The number of ether oxygens (including phenoxy) is 5. The van der Waals surface area contributed by atoms with Crippen LogP contribution in [-0.4, -0.2) is 106 Å². The first-order valence-electron chi connectivity index (χ1n) is 19.8. The Morgan fingerprint density at radius 2 is 1.68 bits per heavy atom. The third-order valence-corrected chi connectivity index (χ3v) is 9.47. The second-order valence-electron chi connectivity index (χ2n) is 16.5. The SMILES string of the molecule is Cn1cc(-c2cccc(CCOCCC(=O)N(CCN(CCc3ccc(OC(=O)OC(C)(C)C)c4c3OCC(=O)N4)C(=O)OC(C)(C)C)C3CCCCC3)c2)nn1. The summed E-state index contributed by atoms with van der Waals surface area (Å²) in [5.74, 6) is 0.0241. The molecule has 57 heavy (non-hydrogen) atoms. The molecule has 1 N–H and O–H groups in total. The van der Waals surface area contributed by atoms with Crippen molar-refractivity contribution in [2.24, 2.45) is 7.05 Å². The van der Waals surface area contributed by atoms with Gasteiger partial charge in [-0.1, -0.05) is 48.7 Å². The van der Waals surface area contributed by atoms with Crippen LogP contribution in [0.15, 0.2) is 42.6 Å². The smallest absolute Gasteiger partial charge is 0.481 e. The van der Waals surface area contributed by atoms with Gasteiger partial charge >= 0.3 is 12.2 Å². The van der Waals surface area contributed by atoms with Gasteiger partial charge in [-0.15, -0.1) is 5.10 Å². The van der Waals surface area contributed by atoms with E-state index in [1.807, 2.05) is 57.1 Å². The molecule has 2 aromatic carbocycles. The number of aryl methyl sites for hydroxylation is 1. The van der Waals surface area contributed by atoms with Crippen LogP contribution >= 0.6 is 0 Å². The highest BCUT2D eigenvalue weighted by Gasteiger charge is 2.30. The zero-order chi connectivity index (χ0) is 41.2. The van der Waals surface area contributed by atoms with Crippen LogP contribution in [0, 0.1) is 0 Å².